The molecule has 0 N–H and O–H groups in total. The molecular weight excluding hydrogens is 446 g/mol. The van der Waals surface area contributed by atoms with E-state index < -0.39 is 0 Å². The van der Waals surface area contributed by atoms with Crippen LogP contribution < -0.4 is 0 Å². The van der Waals surface area contributed by atoms with E-state index >= 15 is 0 Å². The first kappa shape index (κ1) is 29.0. The smallest absolute Gasteiger partial charge is 0.255 e. The van der Waals surface area contributed by atoms with Gasteiger partial charge in [-0.2, -0.15) is 0 Å². The number of rotatable bonds is 15. The Labute approximate surface area is 218 Å². The molecular formula is C31H43N3O2. The van der Waals surface area contributed by atoms with Gasteiger partial charge in [0.1, 0.15) is 0 Å². The molecule has 1 unspecified atom stereocenters. The van der Waals surface area contributed by atoms with Crippen LogP contribution in [0.5, 0.6) is 0 Å². The summed E-state index contributed by atoms with van der Waals surface area (Å²) >= 11 is 0. The SMILES string of the molecule is CCC=CCC=CCC=CCC=CCC=CCCCC(=O)N(C)C1CCN(C(=O)c2cccnc2)C1. The molecule has 1 saturated heterocycles. The van der Waals surface area contributed by atoms with Gasteiger partial charge in [-0.3, -0.25) is 14.6 Å². The van der Waals surface area contributed by atoms with E-state index in [4.69, 9.17) is 0 Å². The van der Waals surface area contributed by atoms with E-state index in [1.165, 1.54) is 0 Å². The van der Waals surface area contributed by atoms with Gasteiger partial charge in [0, 0.05) is 39.0 Å². The topological polar surface area (TPSA) is 53.5 Å². The van der Waals surface area contributed by atoms with E-state index in [0.29, 0.717) is 25.1 Å². The van der Waals surface area contributed by atoms with Crippen molar-refractivity contribution in [2.45, 2.75) is 70.8 Å². The van der Waals surface area contributed by atoms with Crippen molar-refractivity contribution in [3.8, 4) is 0 Å². The number of allylic oxidation sites excluding steroid dienone is 10. The number of hydrogen-bond acceptors (Lipinski definition) is 3. The molecule has 0 saturated carbocycles. The molecule has 0 radical (unpaired) electrons. The van der Waals surface area contributed by atoms with Crippen LogP contribution >= 0.6 is 0 Å². The third-order valence-corrected chi connectivity index (χ3v) is 6.22. The van der Waals surface area contributed by atoms with E-state index in [9.17, 15) is 9.59 Å². The van der Waals surface area contributed by atoms with Crippen LogP contribution in [0.2, 0.25) is 0 Å². The molecule has 5 nitrogen and oxygen atoms in total. The molecule has 1 aromatic rings. The summed E-state index contributed by atoms with van der Waals surface area (Å²) < 4.78 is 0. The number of unbranched alkanes of at least 4 members (excludes halogenated alkanes) is 1. The van der Waals surface area contributed by atoms with Gasteiger partial charge in [-0.1, -0.05) is 67.7 Å². The first-order chi connectivity index (χ1) is 17.6. The zero-order valence-corrected chi connectivity index (χ0v) is 22.1. The van der Waals surface area contributed by atoms with Gasteiger partial charge in [0.15, 0.2) is 0 Å². The summed E-state index contributed by atoms with van der Waals surface area (Å²) in [5.74, 6) is 0.146. The van der Waals surface area contributed by atoms with Gasteiger partial charge < -0.3 is 9.80 Å². The highest BCUT2D eigenvalue weighted by molar-refractivity contribution is 5.94. The Morgan fingerprint density at radius 1 is 0.972 bits per heavy atom. The molecule has 2 rings (SSSR count). The van der Waals surface area contributed by atoms with E-state index in [1.807, 2.05) is 16.8 Å². The quantitative estimate of drug-likeness (QED) is 0.204. The number of likely N-dealkylation sites (tertiary alicyclic amines) is 1. The van der Waals surface area contributed by atoms with Gasteiger partial charge >= 0.3 is 0 Å². The molecule has 1 fully saturated rings. The lowest BCUT2D eigenvalue weighted by Gasteiger charge is -2.25. The zero-order valence-electron chi connectivity index (χ0n) is 22.1. The monoisotopic (exact) mass is 489 g/mol. The average molecular weight is 490 g/mol. The first-order valence-electron chi connectivity index (χ1n) is 13.3. The van der Waals surface area contributed by atoms with Crippen LogP contribution in [0.15, 0.2) is 85.3 Å². The van der Waals surface area contributed by atoms with Crippen molar-refractivity contribution in [3.63, 3.8) is 0 Å². The van der Waals surface area contributed by atoms with E-state index in [0.717, 1.165) is 51.4 Å². The molecule has 0 aromatic carbocycles. The standard InChI is InChI=1S/C31H43N3O2/c1-3-4-5-6-7-8-9-10-11-12-13-14-15-16-17-18-19-22-30(35)33(2)29-23-25-34(27-29)31(36)28-21-20-24-32-26-28/h4-5,7-8,10-11,13-14,16-17,20-21,24,26,29H,3,6,9,12,15,18-19,22-23,25,27H2,1-2H3. The first-order valence-corrected chi connectivity index (χ1v) is 13.3. The van der Waals surface area contributed by atoms with Crippen LogP contribution in [0.25, 0.3) is 0 Å². The highest BCUT2D eigenvalue weighted by atomic mass is 16.2. The number of pyridine rings is 1. The molecule has 0 spiro atoms. The minimum Gasteiger partial charge on any atom is -0.341 e. The maximum Gasteiger partial charge on any atom is 0.255 e. The highest BCUT2D eigenvalue weighted by Gasteiger charge is 2.31. The maximum atomic E-state index is 12.6. The van der Waals surface area contributed by atoms with Gasteiger partial charge in [0.05, 0.1) is 11.6 Å². The van der Waals surface area contributed by atoms with Crippen LogP contribution in [0.1, 0.15) is 75.1 Å². The predicted molar refractivity (Wildman–Crippen MR) is 150 cm³/mol. The van der Waals surface area contributed by atoms with Crippen molar-refractivity contribution in [2.24, 2.45) is 0 Å². The lowest BCUT2D eigenvalue weighted by molar-refractivity contribution is -0.131. The summed E-state index contributed by atoms with van der Waals surface area (Å²) in [5.41, 5.74) is 0.601. The van der Waals surface area contributed by atoms with Crippen LogP contribution in [0.4, 0.5) is 0 Å². The number of carbonyl (C=O) groups excluding carboxylic acids is 2. The number of amides is 2. The second-order valence-electron chi connectivity index (χ2n) is 9.04. The highest BCUT2D eigenvalue weighted by Crippen LogP contribution is 2.18. The van der Waals surface area contributed by atoms with E-state index in [2.05, 4.69) is 72.7 Å². The van der Waals surface area contributed by atoms with Gasteiger partial charge in [0.25, 0.3) is 5.91 Å². The average Bonchev–Trinajstić information content (AvgIpc) is 3.40. The summed E-state index contributed by atoms with van der Waals surface area (Å²) in [4.78, 5) is 32.9. The van der Waals surface area contributed by atoms with Crippen molar-refractivity contribution < 1.29 is 9.59 Å². The van der Waals surface area contributed by atoms with Gasteiger partial charge in [0.2, 0.25) is 5.91 Å². The number of nitrogens with zero attached hydrogens (tertiary/aromatic N) is 3. The second-order valence-corrected chi connectivity index (χ2v) is 9.04. The van der Waals surface area contributed by atoms with Crippen molar-refractivity contribution in [3.05, 3.63) is 90.9 Å². The summed E-state index contributed by atoms with van der Waals surface area (Å²) in [5, 5.41) is 0. The molecule has 5 heteroatoms. The van der Waals surface area contributed by atoms with Crippen molar-refractivity contribution in [1.82, 2.24) is 14.8 Å². The number of carbonyl (C=O) groups is 2. The normalized spacial score (nSPS) is 16.5. The number of hydrogen-bond donors (Lipinski definition) is 0. The maximum absolute atomic E-state index is 12.6. The minimum atomic E-state index is -0.00941. The molecule has 1 atom stereocenters. The van der Waals surface area contributed by atoms with Crippen LogP contribution in [-0.4, -0.2) is 52.8 Å². The fourth-order valence-electron chi connectivity index (χ4n) is 4.03. The van der Waals surface area contributed by atoms with Gasteiger partial charge in [-0.25, -0.2) is 0 Å². The molecule has 0 aliphatic carbocycles. The second kappa shape index (κ2) is 18.1. The van der Waals surface area contributed by atoms with Crippen LogP contribution in [0.3, 0.4) is 0 Å². The van der Waals surface area contributed by atoms with Crippen molar-refractivity contribution in [2.75, 3.05) is 20.1 Å². The van der Waals surface area contributed by atoms with Crippen molar-refractivity contribution in [1.29, 1.82) is 0 Å². The summed E-state index contributed by atoms with van der Waals surface area (Å²) in [6, 6.07) is 3.64. The molecule has 194 valence electrons. The molecule has 1 aliphatic heterocycles. The summed E-state index contributed by atoms with van der Waals surface area (Å²) in [6.07, 6.45) is 33.3. The lowest BCUT2D eigenvalue weighted by Crippen LogP contribution is -2.40. The van der Waals surface area contributed by atoms with Crippen LogP contribution in [-0.2, 0) is 4.79 Å². The Hall–Kier alpha value is -3.21. The van der Waals surface area contributed by atoms with Gasteiger partial charge in [-0.15, -0.1) is 0 Å². The lowest BCUT2D eigenvalue weighted by atomic mass is 10.1. The van der Waals surface area contributed by atoms with Gasteiger partial charge in [-0.05, 0) is 63.5 Å². The predicted octanol–water partition coefficient (Wildman–Crippen LogP) is 6.68. The Morgan fingerprint density at radius 3 is 2.17 bits per heavy atom. The third-order valence-electron chi connectivity index (χ3n) is 6.22. The Bertz CT molecular complexity index is 915. The minimum absolute atomic E-state index is 0.00941. The molecule has 0 bridgehead atoms. The molecule has 36 heavy (non-hydrogen) atoms. The zero-order chi connectivity index (χ0) is 25.8. The molecule has 2 heterocycles. The third kappa shape index (κ3) is 11.5. The molecule has 1 aromatic heterocycles. The largest absolute Gasteiger partial charge is 0.341 e. The number of aromatic nitrogens is 1. The fraction of sp³-hybridized carbons (Fsp3) is 0.452. The van der Waals surface area contributed by atoms with Crippen molar-refractivity contribution >= 4 is 11.8 Å². The van der Waals surface area contributed by atoms with E-state index in [1.54, 1.807) is 24.5 Å². The Kier molecular flexibility index (Phi) is 14.6. The number of likely N-dealkylation sites (N-methyl/N-ethyl adjacent to an activating group) is 1. The molecule has 1 aliphatic rings. The van der Waals surface area contributed by atoms with E-state index in [-0.39, 0.29) is 17.9 Å². The summed E-state index contributed by atoms with van der Waals surface area (Å²) in [7, 11) is 1.86. The molecule has 2 amide bonds. The Balaban J connectivity index is 1.53. The fourth-order valence-corrected chi connectivity index (χ4v) is 4.03. The summed E-state index contributed by atoms with van der Waals surface area (Å²) in [6.45, 7) is 3.41. The van der Waals surface area contributed by atoms with Crippen LogP contribution in [0, 0.1) is 0 Å². The Morgan fingerprint density at radius 2 is 1.58 bits per heavy atom.